The highest BCUT2D eigenvalue weighted by molar-refractivity contribution is 5.61. The lowest BCUT2D eigenvalue weighted by Gasteiger charge is -2.36. The first-order valence-electron chi connectivity index (χ1n) is 11.3. The minimum Gasteiger partial charge on any atom is -0.370 e. The van der Waals surface area contributed by atoms with Crippen molar-refractivity contribution in [2.24, 2.45) is 16.1 Å². The van der Waals surface area contributed by atoms with Crippen LogP contribution < -0.4 is 16.0 Å². The van der Waals surface area contributed by atoms with E-state index in [9.17, 15) is 4.91 Å². The molecule has 0 radical (unpaired) electrons. The lowest BCUT2D eigenvalue weighted by molar-refractivity contribution is -0.0979. The van der Waals surface area contributed by atoms with E-state index in [2.05, 4.69) is 52.8 Å². The quantitative estimate of drug-likeness (QED) is 0.371. The molecule has 3 N–H and O–H groups in total. The fourth-order valence-corrected chi connectivity index (χ4v) is 3.48. The Morgan fingerprint density at radius 3 is 2.36 bits per heavy atom. The molecular weight excluding hydrogens is 414 g/mol. The van der Waals surface area contributed by atoms with Gasteiger partial charge in [0.05, 0.1) is 5.54 Å². The molecule has 2 aliphatic carbocycles. The maximum absolute atomic E-state index is 11.4. The third-order valence-electron chi connectivity index (χ3n) is 5.85. The van der Waals surface area contributed by atoms with Crippen LogP contribution in [-0.2, 0) is 10.3 Å². The summed E-state index contributed by atoms with van der Waals surface area (Å²) in [6.07, 6.45) is 10.1. The average molecular weight is 454 g/mol. The summed E-state index contributed by atoms with van der Waals surface area (Å²) in [7, 11) is 3.82. The SMILES string of the molecule is C=N/C(NCCC(C)NC)=C1/C=CC(C)=CC1(NC)c1ccccc1N=O.C=O.CC1CC1. The van der Waals surface area contributed by atoms with Crippen LogP contribution in [0.25, 0.3) is 0 Å². The molecule has 0 amide bonds. The molecule has 33 heavy (non-hydrogen) atoms. The Morgan fingerprint density at radius 2 is 1.85 bits per heavy atom. The monoisotopic (exact) mass is 453 g/mol. The van der Waals surface area contributed by atoms with Crippen molar-refractivity contribution in [2.75, 3.05) is 20.6 Å². The lowest BCUT2D eigenvalue weighted by atomic mass is 9.77. The second-order valence-corrected chi connectivity index (χ2v) is 8.40. The molecule has 0 bridgehead atoms. The van der Waals surface area contributed by atoms with E-state index in [4.69, 9.17) is 4.79 Å². The van der Waals surface area contributed by atoms with E-state index in [-0.39, 0.29) is 0 Å². The Morgan fingerprint density at radius 1 is 1.21 bits per heavy atom. The summed E-state index contributed by atoms with van der Waals surface area (Å²) in [6.45, 7) is 12.9. The smallest absolute Gasteiger partial charge is 0.130 e. The zero-order chi connectivity index (χ0) is 24.9. The first kappa shape index (κ1) is 28.1. The van der Waals surface area contributed by atoms with Crippen LogP contribution in [0, 0.1) is 10.8 Å². The molecule has 1 saturated carbocycles. The predicted octanol–water partition coefficient (Wildman–Crippen LogP) is 4.75. The van der Waals surface area contributed by atoms with Crippen molar-refractivity contribution in [1.29, 1.82) is 0 Å². The molecule has 0 aromatic heterocycles. The van der Waals surface area contributed by atoms with Crippen LogP contribution in [0.4, 0.5) is 5.69 Å². The van der Waals surface area contributed by atoms with E-state index >= 15 is 0 Å². The highest BCUT2D eigenvalue weighted by Crippen LogP contribution is 2.41. The first-order valence-corrected chi connectivity index (χ1v) is 11.3. The number of aliphatic imine (C=N–C) groups is 1. The molecule has 3 rings (SSSR count). The Bertz CT molecular complexity index is 873. The van der Waals surface area contributed by atoms with Crippen LogP contribution in [0.15, 0.2) is 69.6 Å². The van der Waals surface area contributed by atoms with Gasteiger partial charge in [-0.15, -0.1) is 4.91 Å². The molecule has 2 unspecified atom stereocenters. The van der Waals surface area contributed by atoms with Gasteiger partial charge in [-0.05, 0) is 58.2 Å². The molecule has 1 aromatic carbocycles. The van der Waals surface area contributed by atoms with Crippen LogP contribution in [0.2, 0.25) is 0 Å². The molecule has 7 heteroatoms. The number of carbonyl (C=O) groups is 1. The van der Waals surface area contributed by atoms with Crippen LogP contribution in [0.5, 0.6) is 0 Å². The van der Waals surface area contributed by atoms with Crippen LogP contribution in [-0.4, -0.2) is 40.2 Å². The van der Waals surface area contributed by atoms with Crippen molar-refractivity contribution in [3.63, 3.8) is 0 Å². The van der Waals surface area contributed by atoms with E-state index in [1.165, 1.54) is 12.8 Å². The topological polar surface area (TPSA) is 94.9 Å². The van der Waals surface area contributed by atoms with Gasteiger partial charge in [-0.25, -0.2) is 4.99 Å². The fourth-order valence-electron chi connectivity index (χ4n) is 3.48. The highest BCUT2D eigenvalue weighted by Gasteiger charge is 2.37. The summed E-state index contributed by atoms with van der Waals surface area (Å²) < 4.78 is 0. The minimum absolute atomic E-state index is 0.395. The normalized spacial score (nSPS) is 21.3. The van der Waals surface area contributed by atoms with Crippen molar-refractivity contribution >= 4 is 19.2 Å². The molecular formula is C26H39N5O2. The third-order valence-corrected chi connectivity index (χ3v) is 5.85. The molecule has 180 valence electrons. The van der Waals surface area contributed by atoms with Gasteiger partial charge in [-0.2, -0.15) is 0 Å². The van der Waals surface area contributed by atoms with Crippen LogP contribution >= 0.6 is 0 Å². The fraction of sp³-hybridized carbons (Fsp3) is 0.462. The number of likely N-dealkylation sites (N-methyl/N-ethyl adjacent to an activating group) is 1. The number of nitroso groups, excluding NO2 is 1. The van der Waals surface area contributed by atoms with Gasteiger partial charge < -0.3 is 20.7 Å². The van der Waals surface area contributed by atoms with Gasteiger partial charge in [-0.3, -0.25) is 0 Å². The Labute approximate surface area is 198 Å². The number of benzene rings is 1. The molecule has 0 heterocycles. The van der Waals surface area contributed by atoms with Gasteiger partial charge in [0.25, 0.3) is 0 Å². The number of allylic oxidation sites excluding steroid dienone is 2. The summed E-state index contributed by atoms with van der Waals surface area (Å²) in [5.74, 6) is 1.77. The van der Waals surface area contributed by atoms with Gasteiger partial charge >= 0.3 is 0 Å². The van der Waals surface area contributed by atoms with Gasteiger partial charge in [0.1, 0.15) is 18.3 Å². The van der Waals surface area contributed by atoms with Crippen molar-refractivity contribution in [1.82, 2.24) is 16.0 Å². The average Bonchev–Trinajstić information content (AvgIpc) is 3.65. The largest absolute Gasteiger partial charge is 0.370 e. The van der Waals surface area contributed by atoms with Gasteiger partial charge in [0.2, 0.25) is 0 Å². The molecule has 0 aliphatic heterocycles. The Balaban J connectivity index is 0.000000798. The molecule has 2 aliphatic rings. The zero-order valence-corrected chi connectivity index (χ0v) is 20.6. The Hall–Kier alpha value is -2.90. The molecule has 1 fully saturated rings. The number of hydrogen-bond donors (Lipinski definition) is 3. The number of nitrogens with one attached hydrogen (secondary N) is 3. The third kappa shape index (κ3) is 7.87. The van der Waals surface area contributed by atoms with E-state index in [0.717, 1.165) is 35.6 Å². The summed E-state index contributed by atoms with van der Waals surface area (Å²) in [4.78, 5) is 23.7. The molecule has 1 aromatic rings. The second-order valence-electron chi connectivity index (χ2n) is 8.40. The summed E-state index contributed by atoms with van der Waals surface area (Å²) >= 11 is 0. The maximum atomic E-state index is 11.4. The molecule has 0 saturated heterocycles. The minimum atomic E-state index is -0.721. The summed E-state index contributed by atoms with van der Waals surface area (Å²) in [5, 5.41) is 13.3. The summed E-state index contributed by atoms with van der Waals surface area (Å²) in [6, 6.07) is 7.76. The molecule has 0 spiro atoms. The number of hydrogen-bond acceptors (Lipinski definition) is 7. The van der Waals surface area contributed by atoms with Crippen LogP contribution in [0.3, 0.4) is 0 Å². The second kappa shape index (κ2) is 14.3. The number of rotatable bonds is 9. The van der Waals surface area contributed by atoms with E-state index < -0.39 is 5.54 Å². The van der Waals surface area contributed by atoms with E-state index in [1.807, 2.05) is 58.2 Å². The summed E-state index contributed by atoms with van der Waals surface area (Å²) in [5.41, 5.74) is 2.45. The lowest BCUT2D eigenvalue weighted by Crippen LogP contribution is -2.42. The van der Waals surface area contributed by atoms with Crippen LogP contribution in [0.1, 0.15) is 45.6 Å². The number of nitrogens with zero attached hydrogens (tertiary/aromatic N) is 2. The number of carbonyl (C=O) groups excluding carboxylic acids is 1. The van der Waals surface area contributed by atoms with Gasteiger partial charge in [0, 0.05) is 23.7 Å². The zero-order valence-electron chi connectivity index (χ0n) is 20.6. The van der Waals surface area contributed by atoms with Gasteiger partial charge in [0.15, 0.2) is 0 Å². The van der Waals surface area contributed by atoms with Crippen molar-refractivity contribution in [2.45, 2.75) is 51.6 Å². The first-order chi connectivity index (χ1) is 15.9. The highest BCUT2D eigenvalue weighted by atomic mass is 16.3. The molecule has 7 nitrogen and oxygen atoms in total. The van der Waals surface area contributed by atoms with Crippen molar-refractivity contribution < 1.29 is 4.79 Å². The van der Waals surface area contributed by atoms with Gasteiger partial charge in [-0.1, -0.05) is 61.8 Å². The predicted molar refractivity (Wildman–Crippen MR) is 139 cm³/mol. The maximum Gasteiger partial charge on any atom is 0.130 e. The standard InChI is InChI=1S/C21H29N5O.C4H8.CH2O/c1-15-10-11-18(20(23-4)25-13-12-16(2)22-3)21(14-15,24-5)17-8-6-7-9-19(17)26-27;1-4-2-3-4;1-2/h6-11,14,16,22,24-25H,4,12-13H2,1-3,5H3;4H,2-3H2,1H3;1H2/b20-18+;;. The van der Waals surface area contributed by atoms with E-state index in [1.54, 1.807) is 6.07 Å². The Kier molecular flexibility index (Phi) is 12.2. The van der Waals surface area contributed by atoms with Crippen molar-refractivity contribution in [3.8, 4) is 0 Å². The van der Waals surface area contributed by atoms with E-state index in [0.29, 0.717) is 17.6 Å². The molecule has 2 atom stereocenters. The van der Waals surface area contributed by atoms with Crippen molar-refractivity contribution in [3.05, 3.63) is 69.9 Å².